The Morgan fingerprint density at radius 2 is 1.89 bits per heavy atom. The molecule has 0 aliphatic carbocycles. The first-order valence-corrected chi connectivity index (χ1v) is 6.08. The topological polar surface area (TPSA) is 91.9 Å². The molecule has 0 aromatic heterocycles. The van der Waals surface area contributed by atoms with Crippen LogP contribution in [0.25, 0.3) is 10.4 Å². The molecule has 0 aliphatic rings. The molecule has 0 aliphatic heterocycles. The van der Waals surface area contributed by atoms with Gasteiger partial charge in [0.05, 0.1) is 4.92 Å². The fourth-order valence-electron chi connectivity index (χ4n) is 1.47. The molecule has 0 saturated carbocycles. The Balaban J connectivity index is 2.39. The van der Waals surface area contributed by atoms with E-state index < -0.39 is 4.92 Å². The quantitative estimate of drug-likeness (QED) is 0.266. The molecule has 0 saturated heterocycles. The predicted molar refractivity (Wildman–Crippen MR) is 72.5 cm³/mol. The molecule has 0 radical (unpaired) electrons. The van der Waals surface area contributed by atoms with Crippen molar-refractivity contribution in [3.8, 4) is 0 Å². The highest BCUT2D eigenvalue weighted by atomic mass is 32.2. The van der Waals surface area contributed by atoms with E-state index in [1.54, 1.807) is 6.07 Å². The first-order valence-electron chi connectivity index (χ1n) is 5.26. The minimum absolute atomic E-state index is 0.0941. The largest absolute Gasteiger partial charge is 0.271 e. The van der Waals surface area contributed by atoms with Crippen LogP contribution in [0.4, 0.5) is 11.4 Å². The lowest BCUT2D eigenvalue weighted by Crippen LogP contribution is -1.87. The second-order valence-electron chi connectivity index (χ2n) is 3.55. The van der Waals surface area contributed by atoms with Crippen molar-refractivity contribution in [3.05, 3.63) is 69.1 Å². The van der Waals surface area contributed by atoms with E-state index >= 15 is 0 Å². The van der Waals surface area contributed by atoms with Crippen LogP contribution in [0, 0.1) is 10.1 Å². The molecule has 7 heteroatoms. The lowest BCUT2D eigenvalue weighted by atomic mass is 10.3. The standard InChI is InChI=1S/C12H8N4O2S/c13-15-14-9-6-10(16(17)18)8-12(7-9)19-11-4-2-1-3-5-11/h1-8H. The summed E-state index contributed by atoms with van der Waals surface area (Å²) in [6, 6.07) is 13.8. The Hall–Kier alpha value is -2.50. The van der Waals surface area contributed by atoms with E-state index in [1.165, 1.54) is 23.9 Å². The molecule has 2 rings (SSSR count). The molecule has 0 bridgehead atoms. The zero-order chi connectivity index (χ0) is 13.7. The highest BCUT2D eigenvalue weighted by Crippen LogP contribution is 2.33. The molecule has 94 valence electrons. The summed E-state index contributed by atoms with van der Waals surface area (Å²) in [5.41, 5.74) is 8.55. The molecule has 0 heterocycles. The van der Waals surface area contributed by atoms with Gasteiger partial charge in [0, 0.05) is 32.5 Å². The van der Waals surface area contributed by atoms with Crippen LogP contribution in [0.2, 0.25) is 0 Å². The number of rotatable bonds is 4. The number of non-ortho nitro benzene ring substituents is 1. The summed E-state index contributed by atoms with van der Waals surface area (Å²) in [7, 11) is 0. The maximum absolute atomic E-state index is 10.8. The lowest BCUT2D eigenvalue weighted by molar-refractivity contribution is -0.385. The molecule has 0 unspecified atom stereocenters. The number of nitrogens with zero attached hydrogens (tertiary/aromatic N) is 4. The van der Waals surface area contributed by atoms with Gasteiger partial charge in [-0.1, -0.05) is 35.1 Å². The Bertz CT molecular complexity index is 634. The molecule has 6 nitrogen and oxygen atoms in total. The van der Waals surface area contributed by atoms with Gasteiger partial charge >= 0.3 is 0 Å². The van der Waals surface area contributed by atoms with Crippen molar-refractivity contribution in [2.75, 3.05) is 0 Å². The Morgan fingerprint density at radius 3 is 2.53 bits per heavy atom. The van der Waals surface area contributed by atoms with E-state index in [1.807, 2.05) is 30.3 Å². The summed E-state index contributed by atoms with van der Waals surface area (Å²) in [5, 5.41) is 14.2. The second-order valence-corrected chi connectivity index (χ2v) is 4.69. The maximum Gasteiger partial charge on any atom is 0.271 e. The van der Waals surface area contributed by atoms with E-state index in [4.69, 9.17) is 5.53 Å². The van der Waals surface area contributed by atoms with Crippen LogP contribution in [0.15, 0.2) is 63.4 Å². The van der Waals surface area contributed by atoms with Crippen LogP contribution in [0.1, 0.15) is 0 Å². The Kier molecular flexibility index (Phi) is 4.02. The third kappa shape index (κ3) is 3.48. The van der Waals surface area contributed by atoms with E-state index in [0.717, 1.165) is 4.90 Å². The number of nitro groups is 1. The molecule has 2 aromatic carbocycles. The van der Waals surface area contributed by atoms with Crippen molar-refractivity contribution >= 4 is 23.1 Å². The third-order valence-electron chi connectivity index (χ3n) is 2.23. The third-order valence-corrected chi connectivity index (χ3v) is 3.21. The van der Waals surface area contributed by atoms with Crippen LogP contribution in [-0.4, -0.2) is 4.92 Å². The summed E-state index contributed by atoms with van der Waals surface area (Å²) >= 11 is 1.37. The van der Waals surface area contributed by atoms with Gasteiger partial charge in [0.2, 0.25) is 0 Å². The summed E-state index contributed by atoms with van der Waals surface area (Å²) in [6.07, 6.45) is 0. The van der Waals surface area contributed by atoms with Gasteiger partial charge in [-0.15, -0.1) is 0 Å². The zero-order valence-electron chi connectivity index (χ0n) is 9.63. The average Bonchev–Trinajstić information content (AvgIpc) is 2.40. The highest BCUT2D eigenvalue weighted by Gasteiger charge is 2.10. The first kappa shape index (κ1) is 12.9. The van der Waals surface area contributed by atoms with Gasteiger partial charge in [0.1, 0.15) is 0 Å². The van der Waals surface area contributed by atoms with E-state index in [-0.39, 0.29) is 11.4 Å². The van der Waals surface area contributed by atoms with Crippen LogP contribution < -0.4 is 0 Å². The maximum atomic E-state index is 10.8. The van der Waals surface area contributed by atoms with Crippen molar-refractivity contribution < 1.29 is 4.92 Å². The summed E-state index contributed by atoms with van der Waals surface area (Å²) in [6.45, 7) is 0. The molecule has 0 atom stereocenters. The van der Waals surface area contributed by atoms with Crippen LogP contribution in [0.3, 0.4) is 0 Å². The van der Waals surface area contributed by atoms with E-state index in [9.17, 15) is 10.1 Å². The fraction of sp³-hybridized carbons (Fsp3) is 0. The van der Waals surface area contributed by atoms with Gasteiger partial charge in [0.15, 0.2) is 0 Å². The molecular weight excluding hydrogens is 264 g/mol. The van der Waals surface area contributed by atoms with Gasteiger partial charge in [-0.25, -0.2) is 0 Å². The molecule has 0 fully saturated rings. The fourth-order valence-corrected chi connectivity index (χ4v) is 2.39. The highest BCUT2D eigenvalue weighted by molar-refractivity contribution is 7.99. The Labute approximate surface area is 112 Å². The van der Waals surface area contributed by atoms with Crippen molar-refractivity contribution in [2.45, 2.75) is 9.79 Å². The first-order chi connectivity index (χ1) is 9.19. The normalized spacial score (nSPS) is 9.68. The number of nitro benzene ring substituents is 1. The predicted octanol–water partition coefficient (Wildman–Crippen LogP) is 4.69. The number of hydrogen-bond donors (Lipinski definition) is 0. The van der Waals surface area contributed by atoms with Crippen molar-refractivity contribution in [1.82, 2.24) is 0 Å². The van der Waals surface area contributed by atoms with Crippen molar-refractivity contribution in [3.63, 3.8) is 0 Å². The average molecular weight is 272 g/mol. The summed E-state index contributed by atoms with van der Waals surface area (Å²) in [5.74, 6) is 0. The minimum atomic E-state index is -0.508. The zero-order valence-corrected chi connectivity index (χ0v) is 10.4. The monoisotopic (exact) mass is 272 g/mol. The number of benzene rings is 2. The molecule has 0 amide bonds. The molecule has 0 N–H and O–H groups in total. The van der Waals surface area contributed by atoms with E-state index in [0.29, 0.717) is 4.90 Å². The number of hydrogen-bond acceptors (Lipinski definition) is 4. The minimum Gasteiger partial charge on any atom is -0.258 e. The van der Waals surface area contributed by atoms with Gasteiger partial charge in [-0.05, 0) is 23.7 Å². The van der Waals surface area contributed by atoms with Crippen LogP contribution in [-0.2, 0) is 0 Å². The van der Waals surface area contributed by atoms with Gasteiger partial charge in [0.25, 0.3) is 5.69 Å². The molecular formula is C12H8N4O2S. The molecule has 2 aromatic rings. The van der Waals surface area contributed by atoms with Gasteiger partial charge < -0.3 is 0 Å². The van der Waals surface area contributed by atoms with Crippen molar-refractivity contribution in [2.24, 2.45) is 5.11 Å². The van der Waals surface area contributed by atoms with E-state index in [2.05, 4.69) is 10.0 Å². The van der Waals surface area contributed by atoms with Gasteiger partial charge in [-0.2, -0.15) is 0 Å². The smallest absolute Gasteiger partial charge is 0.258 e. The SMILES string of the molecule is [N-]=[N+]=Nc1cc(Sc2ccccc2)cc([N+](=O)[O-])c1. The molecule has 0 spiro atoms. The van der Waals surface area contributed by atoms with Gasteiger partial charge in [-0.3, -0.25) is 10.1 Å². The van der Waals surface area contributed by atoms with Crippen LogP contribution in [0.5, 0.6) is 0 Å². The van der Waals surface area contributed by atoms with Crippen LogP contribution >= 0.6 is 11.8 Å². The summed E-state index contributed by atoms with van der Waals surface area (Å²) in [4.78, 5) is 14.6. The molecule has 19 heavy (non-hydrogen) atoms. The Morgan fingerprint density at radius 1 is 1.16 bits per heavy atom. The lowest BCUT2D eigenvalue weighted by Gasteiger charge is -2.02. The number of azide groups is 1. The summed E-state index contributed by atoms with van der Waals surface area (Å²) < 4.78 is 0. The van der Waals surface area contributed by atoms with Crippen molar-refractivity contribution in [1.29, 1.82) is 0 Å². The second kappa shape index (κ2) is 5.90.